The highest BCUT2D eigenvalue weighted by molar-refractivity contribution is 14.0. The molecule has 1 unspecified atom stereocenters. The summed E-state index contributed by atoms with van der Waals surface area (Å²) >= 11 is 0. The number of rotatable bonds is 4. The molecule has 0 radical (unpaired) electrons. The van der Waals surface area contributed by atoms with Crippen molar-refractivity contribution in [3.8, 4) is 5.75 Å². The van der Waals surface area contributed by atoms with Crippen molar-refractivity contribution in [2.24, 2.45) is 4.99 Å². The zero-order valence-corrected chi connectivity index (χ0v) is 18.0. The molecule has 1 spiro atoms. The molecule has 0 bridgehead atoms. The Morgan fingerprint density at radius 1 is 1.23 bits per heavy atom. The third-order valence-electron chi connectivity index (χ3n) is 5.92. The van der Waals surface area contributed by atoms with Crippen molar-refractivity contribution in [3.05, 3.63) is 29.8 Å². The summed E-state index contributed by atoms with van der Waals surface area (Å²) in [5.74, 6) is 1.94. The summed E-state index contributed by atoms with van der Waals surface area (Å²) in [6.07, 6.45) is 7.25. The second-order valence-corrected chi connectivity index (χ2v) is 7.63. The fourth-order valence-corrected chi connectivity index (χ4v) is 4.37. The summed E-state index contributed by atoms with van der Waals surface area (Å²) in [5.41, 5.74) is 1.27. The van der Waals surface area contributed by atoms with E-state index >= 15 is 0 Å². The van der Waals surface area contributed by atoms with Gasteiger partial charge in [0.1, 0.15) is 11.4 Å². The number of fused-ring (bicyclic) bond motifs is 1. The van der Waals surface area contributed by atoms with Crippen molar-refractivity contribution in [1.82, 2.24) is 15.5 Å². The highest BCUT2D eigenvalue weighted by Gasteiger charge is 2.43. The van der Waals surface area contributed by atoms with E-state index in [1.807, 2.05) is 7.05 Å². The van der Waals surface area contributed by atoms with Gasteiger partial charge in [-0.25, -0.2) is 0 Å². The summed E-state index contributed by atoms with van der Waals surface area (Å²) in [6.45, 7) is 4.51. The van der Waals surface area contributed by atoms with Crippen LogP contribution >= 0.6 is 24.0 Å². The number of guanidine groups is 1. The number of nitrogens with zero attached hydrogens (tertiary/aromatic N) is 2. The first-order chi connectivity index (χ1) is 12.3. The van der Waals surface area contributed by atoms with E-state index in [2.05, 4.69) is 44.8 Å². The Hall–Kier alpha value is -1.02. The average Bonchev–Trinajstić information content (AvgIpc) is 3.03. The quantitative estimate of drug-likeness (QED) is 0.403. The van der Waals surface area contributed by atoms with E-state index in [-0.39, 0.29) is 35.6 Å². The van der Waals surface area contributed by atoms with Crippen LogP contribution in [0, 0.1) is 0 Å². The average molecular weight is 470 g/mol. The SMILES string of the molecule is CN=C(NCCN1CCC1)NC1CC2(CCCC2)Oc2ccccc21.I. The highest BCUT2D eigenvalue weighted by Crippen LogP contribution is 2.46. The fourth-order valence-electron chi connectivity index (χ4n) is 4.37. The van der Waals surface area contributed by atoms with Gasteiger partial charge in [0.2, 0.25) is 0 Å². The smallest absolute Gasteiger partial charge is 0.191 e. The Labute approximate surface area is 174 Å². The van der Waals surface area contributed by atoms with E-state index in [1.165, 1.54) is 50.8 Å². The van der Waals surface area contributed by atoms with E-state index in [0.717, 1.165) is 31.2 Å². The minimum Gasteiger partial charge on any atom is -0.487 e. The summed E-state index contributed by atoms with van der Waals surface area (Å²) in [4.78, 5) is 6.92. The molecule has 1 aromatic rings. The molecule has 0 amide bonds. The maximum Gasteiger partial charge on any atom is 0.191 e. The first-order valence-electron chi connectivity index (χ1n) is 9.75. The number of nitrogens with one attached hydrogen (secondary N) is 2. The number of halogens is 1. The first kappa shape index (κ1) is 19.7. The van der Waals surface area contributed by atoms with Crippen LogP contribution in [0.15, 0.2) is 29.3 Å². The van der Waals surface area contributed by atoms with Crippen molar-refractivity contribution in [1.29, 1.82) is 0 Å². The summed E-state index contributed by atoms with van der Waals surface area (Å²) < 4.78 is 6.45. The fraction of sp³-hybridized carbons (Fsp3) is 0.650. The van der Waals surface area contributed by atoms with Gasteiger partial charge in [-0.1, -0.05) is 18.2 Å². The lowest BCUT2D eigenvalue weighted by Crippen LogP contribution is -2.48. The molecular formula is C20H31IN4O. The monoisotopic (exact) mass is 470 g/mol. The molecular weight excluding hydrogens is 439 g/mol. The molecule has 6 heteroatoms. The molecule has 1 atom stereocenters. The number of para-hydroxylation sites is 1. The molecule has 3 aliphatic rings. The van der Waals surface area contributed by atoms with Gasteiger partial charge >= 0.3 is 0 Å². The lowest BCUT2D eigenvalue weighted by molar-refractivity contribution is 0.0396. The zero-order valence-electron chi connectivity index (χ0n) is 15.7. The number of benzene rings is 1. The second-order valence-electron chi connectivity index (χ2n) is 7.63. The van der Waals surface area contributed by atoms with E-state index in [9.17, 15) is 0 Å². The highest BCUT2D eigenvalue weighted by atomic mass is 127. The molecule has 4 rings (SSSR count). The van der Waals surface area contributed by atoms with Crippen LogP contribution in [0.25, 0.3) is 0 Å². The number of ether oxygens (including phenoxy) is 1. The third-order valence-corrected chi connectivity index (χ3v) is 5.92. The number of hydrogen-bond acceptors (Lipinski definition) is 3. The van der Waals surface area contributed by atoms with E-state index in [0.29, 0.717) is 0 Å². The lowest BCUT2D eigenvalue weighted by atomic mass is 9.86. The first-order valence-corrected chi connectivity index (χ1v) is 9.75. The second kappa shape index (κ2) is 8.78. The maximum absolute atomic E-state index is 6.45. The molecule has 26 heavy (non-hydrogen) atoms. The molecule has 2 N–H and O–H groups in total. The Morgan fingerprint density at radius 2 is 2.00 bits per heavy atom. The van der Waals surface area contributed by atoms with Crippen LogP contribution in [0.3, 0.4) is 0 Å². The van der Waals surface area contributed by atoms with Gasteiger partial charge in [-0.3, -0.25) is 4.99 Å². The maximum atomic E-state index is 6.45. The van der Waals surface area contributed by atoms with Crippen LogP contribution in [0.1, 0.15) is 50.1 Å². The van der Waals surface area contributed by atoms with E-state index in [1.54, 1.807) is 0 Å². The topological polar surface area (TPSA) is 48.9 Å². The van der Waals surface area contributed by atoms with Gasteiger partial charge in [0.25, 0.3) is 0 Å². The Bertz CT molecular complexity index is 626. The minimum atomic E-state index is 0. The van der Waals surface area contributed by atoms with Gasteiger partial charge in [0, 0.05) is 32.1 Å². The minimum absolute atomic E-state index is 0. The molecule has 1 saturated carbocycles. The Kier molecular flexibility index (Phi) is 6.66. The third kappa shape index (κ3) is 4.27. The van der Waals surface area contributed by atoms with E-state index < -0.39 is 0 Å². The van der Waals surface area contributed by atoms with Crippen LogP contribution in [-0.2, 0) is 0 Å². The summed E-state index contributed by atoms with van der Waals surface area (Å²) in [5, 5.41) is 7.15. The molecule has 144 valence electrons. The van der Waals surface area contributed by atoms with Crippen molar-refractivity contribution < 1.29 is 4.74 Å². The van der Waals surface area contributed by atoms with Crippen molar-refractivity contribution >= 4 is 29.9 Å². The number of hydrogen-bond donors (Lipinski definition) is 2. The standard InChI is InChI=1S/C20H30N4O.HI/c1-21-19(22-11-14-24-12-6-13-24)23-17-15-20(9-4-5-10-20)25-18-8-3-2-7-16(17)18;/h2-3,7-8,17H,4-6,9-15H2,1H3,(H2,21,22,23);1H. The zero-order chi connectivity index (χ0) is 17.1. The van der Waals surface area contributed by atoms with Crippen molar-refractivity contribution in [2.45, 2.75) is 50.2 Å². The lowest BCUT2D eigenvalue weighted by Gasteiger charge is -2.40. The molecule has 1 aliphatic carbocycles. The molecule has 2 aliphatic heterocycles. The molecule has 1 saturated heterocycles. The van der Waals surface area contributed by atoms with Crippen LogP contribution in [-0.4, -0.2) is 49.7 Å². The predicted molar refractivity (Wildman–Crippen MR) is 117 cm³/mol. The van der Waals surface area contributed by atoms with Gasteiger partial charge in [-0.2, -0.15) is 0 Å². The summed E-state index contributed by atoms with van der Waals surface area (Å²) in [6, 6.07) is 8.73. The normalized spacial score (nSPS) is 24.2. The van der Waals surface area contributed by atoms with Gasteiger partial charge < -0.3 is 20.3 Å². The Morgan fingerprint density at radius 3 is 2.69 bits per heavy atom. The van der Waals surface area contributed by atoms with Gasteiger partial charge in [0.05, 0.1) is 6.04 Å². The van der Waals surface area contributed by atoms with Crippen LogP contribution in [0.5, 0.6) is 5.75 Å². The van der Waals surface area contributed by atoms with Crippen LogP contribution < -0.4 is 15.4 Å². The number of aliphatic imine (C=N–C) groups is 1. The van der Waals surface area contributed by atoms with E-state index in [4.69, 9.17) is 4.74 Å². The summed E-state index contributed by atoms with van der Waals surface area (Å²) in [7, 11) is 1.86. The molecule has 1 aromatic carbocycles. The molecule has 5 nitrogen and oxygen atoms in total. The largest absolute Gasteiger partial charge is 0.487 e. The van der Waals surface area contributed by atoms with Crippen LogP contribution in [0.2, 0.25) is 0 Å². The van der Waals surface area contributed by atoms with Crippen molar-refractivity contribution in [2.75, 3.05) is 33.2 Å². The molecule has 0 aromatic heterocycles. The number of likely N-dealkylation sites (tertiary alicyclic amines) is 1. The van der Waals surface area contributed by atoms with Crippen molar-refractivity contribution in [3.63, 3.8) is 0 Å². The molecule has 2 heterocycles. The predicted octanol–water partition coefficient (Wildman–Crippen LogP) is 3.31. The van der Waals surface area contributed by atoms with Gasteiger partial charge in [-0.15, -0.1) is 24.0 Å². The van der Waals surface area contributed by atoms with Gasteiger partial charge in [-0.05, 0) is 51.3 Å². The van der Waals surface area contributed by atoms with Crippen LogP contribution in [0.4, 0.5) is 0 Å². The Balaban J connectivity index is 0.00000196. The van der Waals surface area contributed by atoms with Gasteiger partial charge in [0.15, 0.2) is 5.96 Å². The molecule has 2 fully saturated rings.